The lowest BCUT2D eigenvalue weighted by atomic mass is 9.80. The quantitative estimate of drug-likeness (QED) is 0.627. The summed E-state index contributed by atoms with van der Waals surface area (Å²) in [6.45, 7) is 4.27. The molecule has 0 radical (unpaired) electrons. The number of rotatable bonds is 9. The largest absolute Gasteiger partial charge is 0.496 e. The molecule has 0 saturated carbocycles. The van der Waals surface area contributed by atoms with Crippen LogP contribution in [0, 0.1) is 5.92 Å². The molecule has 0 aliphatic carbocycles. The first kappa shape index (κ1) is 21.5. The standard InChI is InChI=1S/C22H30O6/c1-13(2)20(21-16(25-5)9-14(23-3)10-17(21)26-6)22-18(27-7)11-15(24-4)12-19(22)28-8/h9-13,20H,1-8H3. The zero-order chi connectivity index (χ0) is 20.8. The Balaban J connectivity index is 2.85. The highest BCUT2D eigenvalue weighted by Gasteiger charge is 2.32. The normalized spacial score (nSPS) is 10.8. The third-order valence-corrected chi connectivity index (χ3v) is 4.79. The summed E-state index contributed by atoms with van der Waals surface area (Å²) < 4.78 is 33.6. The summed E-state index contributed by atoms with van der Waals surface area (Å²) in [6.07, 6.45) is 0. The molecule has 28 heavy (non-hydrogen) atoms. The van der Waals surface area contributed by atoms with Crippen LogP contribution < -0.4 is 28.4 Å². The fraction of sp³-hybridized carbons (Fsp3) is 0.455. The highest BCUT2D eigenvalue weighted by molar-refractivity contribution is 5.61. The van der Waals surface area contributed by atoms with Gasteiger partial charge in [0.25, 0.3) is 0 Å². The van der Waals surface area contributed by atoms with Crippen LogP contribution in [0.1, 0.15) is 30.9 Å². The first-order valence-electron chi connectivity index (χ1n) is 9.05. The fourth-order valence-corrected chi connectivity index (χ4v) is 3.49. The van der Waals surface area contributed by atoms with Gasteiger partial charge in [-0.2, -0.15) is 0 Å². The van der Waals surface area contributed by atoms with Crippen molar-refractivity contribution in [3.8, 4) is 34.5 Å². The van der Waals surface area contributed by atoms with Crippen LogP contribution in [0.5, 0.6) is 34.5 Å². The lowest BCUT2D eigenvalue weighted by molar-refractivity contribution is 0.345. The number of hydrogen-bond donors (Lipinski definition) is 0. The van der Waals surface area contributed by atoms with Gasteiger partial charge in [0.05, 0.1) is 42.7 Å². The molecular formula is C22H30O6. The average molecular weight is 390 g/mol. The van der Waals surface area contributed by atoms with Gasteiger partial charge in [0.1, 0.15) is 34.5 Å². The van der Waals surface area contributed by atoms with Gasteiger partial charge in [-0.15, -0.1) is 0 Å². The van der Waals surface area contributed by atoms with Crippen molar-refractivity contribution < 1.29 is 28.4 Å². The summed E-state index contributed by atoms with van der Waals surface area (Å²) in [5, 5.41) is 0. The summed E-state index contributed by atoms with van der Waals surface area (Å²) in [5.41, 5.74) is 1.81. The molecule has 0 heterocycles. The predicted octanol–water partition coefficient (Wildman–Crippen LogP) is 4.53. The lowest BCUT2D eigenvalue weighted by Gasteiger charge is -2.29. The predicted molar refractivity (Wildman–Crippen MR) is 109 cm³/mol. The van der Waals surface area contributed by atoms with Gasteiger partial charge in [-0.1, -0.05) is 13.8 Å². The van der Waals surface area contributed by atoms with Crippen LogP contribution >= 0.6 is 0 Å². The van der Waals surface area contributed by atoms with Crippen molar-refractivity contribution in [2.24, 2.45) is 5.92 Å². The molecule has 6 heteroatoms. The van der Waals surface area contributed by atoms with Crippen LogP contribution in [-0.2, 0) is 0 Å². The second kappa shape index (κ2) is 9.44. The molecule has 0 amide bonds. The molecule has 0 fully saturated rings. The van der Waals surface area contributed by atoms with E-state index in [-0.39, 0.29) is 11.8 Å². The third-order valence-electron chi connectivity index (χ3n) is 4.79. The van der Waals surface area contributed by atoms with Gasteiger partial charge in [0, 0.05) is 41.3 Å². The first-order chi connectivity index (χ1) is 13.4. The van der Waals surface area contributed by atoms with Gasteiger partial charge in [-0.25, -0.2) is 0 Å². The molecule has 0 atom stereocenters. The maximum Gasteiger partial charge on any atom is 0.130 e. The molecule has 0 unspecified atom stereocenters. The molecule has 0 aliphatic rings. The van der Waals surface area contributed by atoms with Crippen LogP contribution in [0.4, 0.5) is 0 Å². The molecule has 2 aromatic carbocycles. The van der Waals surface area contributed by atoms with Gasteiger partial charge in [-0.3, -0.25) is 0 Å². The van der Waals surface area contributed by atoms with Crippen molar-refractivity contribution in [2.75, 3.05) is 42.7 Å². The third kappa shape index (κ3) is 4.06. The zero-order valence-electron chi connectivity index (χ0n) is 17.9. The molecule has 154 valence electrons. The van der Waals surface area contributed by atoms with Crippen LogP contribution in [0.25, 0.3) is 0 Å². The summed E-state index contributed by atoms with van der Waals surface area (Å²) in [5.74, 6) is 4.09. The van der Waals surface area contributed by atoms with Crippen molar-refractivity contribution in [3.05, 3.63) is 35.4 Å². The van der Waals surface area contributed by atoms with Gasteiger partial charge in [-0.05, 0) is 5.92 Å². The topological polar surface area (TPSA) is 55.4 Å². The minimum atomic E-state index is -0.119. The highest BCUT2D eigenvalue weighted by Crippen LogP contribution is 2.50. The van der Waals surface area contributed by atoms with Crippen molar-refractivity contribution in [3.63, 3.8) is 0 Å². The van der Waals surface area contributed by atoms with E-state index in [0.29, 0.717) is 34.5 Å². The molecular weight excluding hydrogens is 360 g/mol. The van der Waals surface area contributed by atoms with E-state index in [1.807, 2.05) is 24.3 Å². The Labute approximate surface area is 167 Å². The zero-order valence-corrected chi connectivity index (χ0v) is 17.9. The molecule has 0 spiro atoms. The molecule has 0 aliphatic heterocycles. The van der Waals surface area contributed by atoms with E-state index >= 15 is 0 Å². The minimum absolute atomic E-state index is 0.119. The van der Waals surface area contributed by atoms with Crippen molar-refractivity contribution >= 4 is 0 Å². The summed E-state index contributed by atoms with van der Waals surface area (Å²) in [6, 6.07) is 7.43. The smallest absolute Gasteiger partial charge is 0.130 e. The number of methoxy groups -OCH3 is 6. The first-order valence-corrected chi connectivity index (χ1v) is 9.05. The lowest BCUT2D eigenvalue weighted by Crippen LogP contribution is -2.14. The van der Waals surface area contributed by atoms with E-state index in [0.717, 1.165) is 11.1 Å². The maximum absolute atomic E-state index is 5.71. The second-order valence-electron chi connectivity index (χ2n) is 6.61. The van der Waals surface area contributed by atoms with Gasteiger partial charge < -0.3 is 28.4 Å². The Kier molecular flexibility index (Phi) is 7.26. The van der Waals surface area contributed by atoms with Gasteiger partial charge in [0.2, 0.25) is 0 Å². The maximum atomic E-state index is 5.71. The molecule has 2 rings (SSSR count). The van der Waals surface area contributed by atoms with Crippen molar-refractivity contribution in [1.82, 2.24) is 0 Å². The van der Waals surface area contributed by atoms with Gasteiger partial charge >= 0.3 is 0 Å². The summed E-state index contributed by atoms with van der Waals surface area (Å²) in [4.78, 5) is 0. The molecule has 0 N–H and O–H groups in total. The molecule has 0 saturated heterocycles. The summed E-state index contributed by atoms with van der Waals surface area (Å²) in [7, 11) is 9.77. The van der Waals surface area contributed by atoms with E-state index in [9.17, 15) is 0 Å². The Hall–Kier alpha value is -2.76. The van der Waals surface area contributed by atoms with Crippen LogP contribution in [-0.4, -0.2) is 42.7 Å². The average Bonchev–Trinajstić information content (AvgIpc) is 2.73. The molecule has 0 bridgehead atoms. The highest BCUT2D eigenvalue weighted by atomic mass is 16.5. The van der Waals surface area contributed by atoms with Crippen LogP contribution in [0.15, 0.2) is 24.3 Å². The molecule has 0 aromatic heterocycles. The van der Waals surface area contributed by atoms with E-state index in [1.165, 1.54) is 0 Å². The fourth-order valence-electron chi connectivity index (χ4n) is 3.49. The van der Waals surface area contributed by atoms with Crippen LogP contribution in [0.2, 0.25) is 0 Å². The van der Waals surface area contributed by atoms with E-state index in [4.69, 9.17) is 28.4 Å². The number of hydrogen-bond acceptors (Lipinski definition) is 6. The Morgan fingerprint density at radius 1 is 0.500 bits per heavy atom. The number of benzene rings is 2. The summed E-state index contributed by atoms with van der Waals surface area (Å²) >= 11 is 0. The van der Waals surface area contributed by atoms with Crippen LogP contribution in [0.3, 0.4) is 0 Å². The van der Waals surface area contributed by atoms with Gasteiger partial charge in [0.15, 0.2) is 0 Å². The van der Waals surface area contributed by atoms with E-state index in [2.05, 4.69) is 13.8 Å². The monoisotopic (exact) mass is 390 g/mol. The molecule has 2 aromatic rings. The minimum Gasteiger partial charge on any atom is -0.496 e. The SMILES string of the molecule is COc1cc(OC)c(C(c2c(OC)cc(OC)cc2OC)C(C)C)c(OC)c1. The van der Waals surface area contributed by atoms with Crippen molar-refractivity contribution in [2.45, 2.75) is 19.8 Å². The Morgan fingerprint density at radius 3 is 0.964 bits per heavy atom. The second-order valence-corrected chi connectivity index (χ2v) is 6.61. The van der Waals surface area contributed by atoms with E-state index < -0.39 is 0 Å². The van der Waals surface area contributed by atoms with Crippen molar-refractivity contribution in [1.29, 1.82) is 0 Å². The van der Waals surface area contributed by atoms with E-state index in [1.54, 1.807) is 42.7 Å². The molecule has 6 nitrogen and oxygen atoms in total. The Bertz CT molecular complexity index is 686. The Morgan fingerprint density at radius 2 is 0.786 bits per heavy atom. The number of ether oxygens (including phenoxy) is 6.